The summed E-state index contributed by atoms with van der Waals surface area (Å²) in [5.41, 5.74) is -2.67. The van der Waals surface area contributed by atoms with E-state index in [1.165, 1.54) is 0 Å². The Balaban J connectivity index is 2.68. The summed E-state index contributed by atoms with van der Waals surface area (Å²) in [7, 11) is 0. The molecule has 1 aliphatic carbocycles. The van der Waals surface area contributed by atoms with E-state index in [-0.39, 0.29) is 0 Å². The quantitative estimate of drug-likeness (QED) is 0.488. The molecule has 0 aromatic heterocycles. The number of carbonyl (C=O) groups is 1. The van der Waals surface area contributed by atoms with Crippen LogP contribution in [0.15, 0.2) is 12.2 Å². The Morgan fingerprint density at radius 1 is 1.46 bits per heavy atom. The van der Waals surface area contributed by atoms with Gasteiger partial charge in [0, 0.05) is 0 Å². The van der Waals surface area contributed by atoms with Gasteiger partial charge < -0.3 is 0 Å². The Morgan fingerprint density at radius 2 is 2.00 bits per heavy atom. The van der Waals surface area contributed by atoms with Crippen molar-refractivity contribution >= 4 is 5.78 Å². The highest BCUT2D eigenvalue weighted by Crippen LogP contribution is 2.51. The number of hydrogen-bond acceptors (Lipinski definition) is 1. The zero-order valence-corrected chi connectivity index (χ0v) is 6.86. The van der Waals surface area contributed by atoms with Crippen LogP contribution < -0.4 is 0 Å². The standard InChI is InChI=1S/C8H8F4O/c1-5(13)2-3-7(10)4-8(11,12)6(7)9/h2-3,6H,4H2,1H3/b3-2+. The third-order valence-corrected chi connectivity index (χ3v) is 1.89. The SMILES string of the molecule is CC(=O)/C=C/C1(F)CC(F)(F)C1F. The van der Waals surface area contributed by atoms with Crippen LogP contribution in [-0.4, -0.2) is 23.5 Å². The summed E-state index contributed by atoms with van der Waals surface area (Å²) in [5.74, 6) is -4.10. The van der Waals surface area contributed by atoms with Gasteiger partial charge in [-0.3, -0.25) is 4.79 Å². The summed E-state index contributed by atoms with van der Waals surface area (Å²) >= 11 is 0. The molecule has 0 N–H and O–H groups in total. The van der Waals surface area contributed by atoms with Crippen molar-refractivity contribution in [1.82, 2.24) is 0 Å². The van der Waals surface area contributed by atoms with Crippen molar-refractivity contribution in [3.05, 3.63) is 12.2 Å². The maximum atomic E-state index is 13.1. The molecule has 13 heavy (non-hydrogen) atoms. The number of hydrogen-bond donors (Lipinski definition) is 0. The van der Waals surface area contributed by atoms with E-state index < -0.39 is 30.0 Å². The predicted octanol–water partition coefficient (Wildman–Crippen LogP) is 2.22. The number of halogens is 4. The lowest BCUT2D eigenvalue weighted by molar-refractivity contribution is -0.217. The lowest BCUT2D eigenvalue weighted by Gasteiger charge is -2.42. The van der Waals surface area contributed by atoms with Gasteiger partial charge in [0.2, 0.25) is 6.17 Å². The lowest BCUT2D eigenvalue weighted by atomic mass is 9.76. The first kappa shape index (κ1) is 10.2. The Morgan fingerprint density at radius 3 is 2.31 bits per heavy atom. The lowest BCUT2D eigenvalue weighted by Crippen LogP contribution is -2.60. The van der Waals surface area contributed by atoms with Crippen molar-refractivity contribution in [2.24, 2.45) is 0 Å². The summed E-state index contributed by atoms with van der Waals surface area (Å²) < 4.78 is 50.0. The first-order chi connectivity index (χ1) is 5.78. The highest BCUT2D eigenvalue weighted by Gasteiger charge is 2.67. The van der Waals surface area contributed by atoms with Gasteiger partial charge in [-0.15, -0.1) is 0 Å². The molecule has 0 saturated heterocycles. The van der Waals surface area contributed by atoms with Crippen molar-refractivity contribution in [3.63, 3.8) is 0 Å². The summed E-state index contributed by atoms with van der Waals surface area (Å²) in [6.45, 7) is 1.13. The maximum absolute atomic E-state index is 13.1. The van der Waals surface area contributed by atoms with Crippen LogP contribution in [-0.2, 0) is 4.79 Å². The molecule has 0 spiro atoms. The average Bonchev–Trinajstić information content (AvgIpc) is 1.99. The Hall–Kier alpha value is -0.870. The molecule has 0 aliphatic heterocycles. The largest absolute Gasteiger partial charge is 0.295 e. The Bertz CT molecular complexity index is 261. The van der Waals surface area contributed by atoms with Crippen LogP contribution in [0, 0.1) is 0 Å². The molecule has 1 fully saturated rings. The van der Waals surface area contributed by atoms with E-state index >= 15 is 0 Å². The maximum Gasteiger partial charge on any atom is 0.285 e. The third kappa shape index (κ3) is 1.73. The van der Waals surface area contributed by atoms with E-state index in [4.69, 9.17) is 0 Å². The first-order valence-electron chi connectivity index (χ1n) is 3.68. The molecule has 0 bridgehead atoms. The van der Waals surface area contributed by atoms with Crippen molar-refractivity contribution in [2.75, 3.05) is 0 Å². The smallest absolute Gasteiger partial charge is 0.285 e. The van der Waals surface area contributed by atoms with Crippen LogP contribution in [0.4, 0.5) is 17.6 Å². The van der Waals surface area contributed by atoms with Gasteiger partial charge in [0.1, 0.15) is 0 Å². The minimum Gasteiger partial charge on any atom is -0.295 e. The van der Waals surface area contributed by atoms with Gasteiger partial charge >= 0.3 is 0 Å². The van der Waals surface area contributed by atoms with Crippen molar-refractivity contribution in [2.45, 2.75) is 31.1 Å². The summed E-state index contributed by atoms with van der Waals surface area (Å²) in [6, 6.07) is 0. The fraction of sp³-hybridized carbons (Fsp3) is 0.625. The third-order valence-electron chi connectivity index (χ3n) is 1.89. The second kappa shape index (κ2) is 2.82. The molecule has 0 radical (unpaired) electrons. The van der Waals surface area contributed by atoms with Gasteiger partial charge in [-0.25, -0.2) is 17.6 Å². The van der Waals surface area contributed by atoms with Crippen LogP contribution in [0.3, 0.4) is 0 Å². The number of ketones is 1. The van der Waals surface area contributed by atoms with Gasteiger partial charge in [0.05, 0.1) is 6.42 Å². The van der Waals surface area contributed by atoms with E-state index in [1.807, 2.05) is 0 Å². The number of carbonyl (C=O) groups excluding carboxylic acids is 1. The monoisotopic (exact) mass is 196 g/mol. The van der Waals surface area contributed by atoms with Crippen molar-refractivity contribution < 1.29 is 22.4 Å². The van der Waals surface area contributed by atoms with Gasteiger partial charge in [-0.2, -0.15) is 0 Å². The van der Waals surface area contributed by atoms with Crippen molar-refractivity contribution in [3.8, 4) is 0 Å². The average molecular weight is 196 g/mol. The second-order valence-electron chi connectivity index (χ2n) is 3.17. The zero-order valence-electron chi connectivity index (χ0n) is 6.86. The molecule has 5 heteroatoms. The van der Waals surface area contributed by atoms with Gasteiger partial charge in [0.25, 0.3) is 5.92 Å². The Labute approximate surface area is 72.4 Å². The highest BCUT2D eigenvalue weighted by molar-refractivity contribution is 5.87. The summed E-state index contributed by atoms with van der Waals surface area (Å²) in [5, 5.41) is 0. The molecule has 2 atom stereocenters. The molecule has 0 heterocycles. The molecule has 1 nitrogen and oxygen atoms in total. The Kier molecular flexibility index (Phi) is 2.21. The molecule has 1 rings (SSSR count). The van der Waals surface area contributed by atoms with Crippen LogP contribution in [0.5, 0.6) is 0 Å². The van der Waals surface area contributed by atoms with Gasteiger partial charge in [-0.05, 0) is 19.1 Å². The normalized spacial score (nSPS) is 37.5. The topological polar surface area (TPSA) is 17.1 Å². The fourth-order valence-corrected chi connectivity index (χ4v) is 1.16. The molecule has 0 amide bonds. The molecule has 0 aromatic carbocycles. The van der Waals surface area contributed by atoms with E-state index in [9.17, 15) is 22.4 Å². The minimum atomic E-state index is -3.60. The number of allylic oxidation sites excluding steroid dienone is 2. The molecule has 74 valence electrons. The van der Waals surface area contributed by atoms with E-state index in [0.717, 1.165) is 13.0 Å². The van der Waals surface area contributed by atoms with Gasteiger partial charge in [0.15, 0.2) is 11.5 Å². The fourth-order valence-electron chi connectivity index (χ4n) is 1.16. The highest BCUT2D eigenvalue weighted by atomic mass is 19.3. The van der Waals surface area contributed by atoms with Crippen LogP contribution >= 0.6 is 0 Å². The molecule has 1 aliphatic rings. The van der Waals surface area contributed by atoms with Crippen molar-refractivity contribution in [1.29, 1.82) is 0 Å². The molecular weight excluding hydrogens is 188 g/mol. The van der Waals surface area contributed by atoms with E-state index in [0.29, 0.717) is 6.08 Å². The summed E-state index contributed by atoms with van der Waals surface area (Å²) in [6.07, 6.45) is -2.69. The molecule has 0 aromatic rings. The predicted molar refractivity (Wildman–Crippen MR) is 38.1 cm³/mol. The summed E-state index contributed by atoms with van der Waals surface area (Å²) in [4.78, 5) is 10.3. The minimum absolute atomic E-state index is 0.501. The first-order valence-corrected chi connectivity index (χ1v) is 3.68. The molecule has 1 saturated carbocycles. The molecular formula is C8H8F4O. The van der Waals surface area contributed by atoms with Crippen LogP contribution in [0.25, 0.3) is 0 Å². The van der Waals surface area contributed by atoms with E-state index in [2.05, 4.69) is 0 Å². The van der Waals surface area contributed by atoms with Gasteiger partial charge in [-0.1, -0.05) is 0 Å². The molecule has 2 unspecified atom stereocenters. The number of alkyl halides is 4. The number of rotatable bonds is 2. The zero-order chi connectivity index (χ0) is 10.3. The van der Waals surface area contributed by atoms with E-state index in [1.54, 1.807) is 0 Å². The van der Waals surface area contributed by atoms with Crippen LogP contribution in [0.1, 0.15) is 13.3 Å². The second-order valence-corrected chi connectivity index (χ2v) is 3.17. The van der Waals surface area contributed by atoms with Crippen LogP contribution in [0.2, 0.25) is 0 Å².